The summed E-state index contributed by atoms with van der Waals surface area (Å²) in [5.41, 5.74) is 1.05. The number of aryl methyl sites for hydroxylation is 1. The van der Waals surface area contributed by atoms with Crippen LogP contribution >= 0.6 is 0 Å². The number of benzene rings is 1. The molecule has 1 rings (SSSR count). The van der Waals surface area contributed by atoms with Crippen LogP contribution in [-0.2, 0) is 14.3 Å². The summed E-state index contributed by atoms with van der Waals surface area (Å²) in [6.45, 7) is 5.20. The van der Waals surface area contributed by atoms with Crippen LogP contribution in [0.1, 0.15) is 12.0 Å². The molecule has 0 heterocycles. The van der Waals surface area contributed by atoms with Crippen LogP contribution in [0.4, 0.5) is 4.79 Å². The van der Waals surface area contributed by atoms with Gasteiger partial charge in [-0.15, -0.1) is 6.58 Å². The van der Waals surface area contributed by atoms with Crippen molar-refractivity contribution in [2.45, 2.75) is 13.3 Å². The molecule has 0 aromatic heterocycles. The average Bonchev–Trinajstić information content (AvgIpc) is 2.51. The Balaban J connectivity index is 2.17. The molecule has 0 unspecified atom stereocenters. The third kappa shape index (κ3) is 8.25. The maximum absolute atomic E-state index is 11.5. The van der Waals surface area contributed by atoms with Crippen LogP contribution in [0.3, 0.4) is 0 Å². The molecule has 1 aromatic carbocycles. The smallest absolute Gasteiger partial charge is 0.321 e. The van der Waals surface area contributed by atoms with Crippen LogP contribution in [-0.4, -0.2) is 37.7 Å². The number of esters is 1. The van der Waals surface area contributed by atoms with Gasteiger partial charge in [0.05, 0.1) is 13.0 Å². The molecule has 0 saturated carbocycles. The molecule has 0 bridgehead atoms. The molecule has 124 valence electrons. The van der Waals surface area contributed by atoms with Gasteiger partial charge >= 0.3 is 12.0 Å². The molecule has 7 nitrogen and oxygen atoms in total. The number of carbonyl (C=O) groups excluding carboxylic acids is 3. The average molecular weight is 320 g/mol. The number of hydrogen-bond donors (Lipinski definition) is 2. The molecule has 0 spiro atoms. The summed E-state index contributed by atoms with van der Waals surface area (Å²) in [6.07, 6.45) is 1.47. The van der Waals surface area contributed by atoms with Gasteiger partial charge in [0.25, 0.3) is 5.91 Å². The Kier molecular flexibility index (Phi) is 7.91. The van der Waals surface area contributed by atoms with E-state index in [-0.39, 0.29) is 19.6 Å². The lowest BCUT2D eigenvalue weighted by Crippen LogP contribution is -2.41. The zero-order chi connectivity index (χ0) is 17.1. The second kappa shape index (κ2) is 9.99. The summed E-state index contributed by atoms with van der Waals surface area (Å²) in [4.78, 5) is 34.0. The first-order chi connectivity index (χ1) is 11.0. The van der Waals surface area contributed by atoms with Gasteiger partial charge in [-0.2, -0.15) is 0 Å². The van der Waals surface area contributed by atoms with Crippen LogP contribution in [0.5, 0.6) is 5.75 Å². The lowest BCUT2D eigenvalue weighted by molar-refractivity contribution is -0.148. The predicted octanol–water partition coefficient (Wildman–Crippen LogP) is 1.32. The first kappa shape index (κ1) is 18.2. The van der Waals surface area contributed by atoms with Crippen molar-refractivity contribution in [3.05, 3.63) is 42.5 Å². The van der Waals surface area contributed by atoms with Crippen molar-refractivity contribution >= 4 is 17.9 Å². The van der Waals surface area contributed by atoms with Crippen molar-refractivity contribution in [1.29, 1.82) is 0 Å². The number of carbonyl (C=O) groups is 3. The predicted molar refractivity (Wildman–Crippen MR) is 84.0 cm³/mol. The van der Waals surface area contributed by atoms with Gasteiger partial charge < -0.3 is 14.8 Å². The summed E-state index contributed by atoms with van der Waals surface area (Å²) in [5.74, 6) is -0.631. The first-order valence-electron chi connectivity index (χ1n) is 7.05. The molecular formula is C16H20N2O5. The normalized spacial score (nSPS) is 9.61. The van der Waals surface area contributed by atoms with Crippen LogP contribution < -0.4 is 15.4 Å². The van der Waals surface area contributed by atoms with E-state index in [0.29, 0.717) is 5.75 Å². The third-order valence-electron chi connectivity index (χ3n) is 2.59. The van der Waals surface area contributed by atoms with E-state index in [1.807, 2.05) is 30.4 Å². The third-order valence-corrected chi connectivity index (χ3v) is 2.59. The molecule has 0 saturated heterocycles. The number of nitrogens with one attached hydrogen (secondary N) is 2. The molecule has 0 aliphatic rings. The Morgan fingerprint density at radius 3 is 2.78 bits per heavy atom. The van der Waals surface area contributed by atoms with E-state index < -0.39 is 24.5 Å². The van der Waals surface area contributed by atoms with E-state index in [9.17, 15) is 14.4 Å². The van der Waals surface area contributed by atoms with Crippen molar-refractivity contribution < 1.29 is 23.9 Å². The van der Waals surface area contributed by atoms with E-state index in [0.717, 1.165) is 5.56 Å². The van der Waals surface area contributed by atoms with Crippen molar-refractivity contribution in [2.75, 3.05) is 19.8 Å². The Hall–Kier alpha value is -2.83. The van der Waals surface area contributed by atoms with Crippen molar-refractivity contribution in [2.24, 2.45) is 0 Å². The Labute approximate surface area is 134 Å². The highest BCUT2D eigenvalue weighted by Gasteiger charge is 2.10. The first-order valence-corrected chi connectivity index (χ1v) is 7.05. The Bertz CT molecular complexity index is 571. The Morgan fingerprint density at radius 1 is 1.30 bits per heavy atom. The minimum Gasteiger partial charge on any atom is -0.493 e. The zero-order valence-electron chi connectivity index (χ0n) is 13.0. The van der Waals surface area contributed by atoms with Gasteiger partial charge in [-0.25, -0.2) is 4.79 Å². The summed E-state index contributed by atoms with van der Waals surface area (Å²) < 4.78 is 10.1. The number of imide groups is 1. The molecule has 7 heteroatoms. The molecule has 0 aliphatic carbocycles. The van der Waals surface area contributed by atoms with Crippen LogP contribution in [0.15, 0.2) is 36.9 Å². The molecule has 3 amide bonds. The summed E-state index contributed by atoms with van der Waals surface area (Å²) in [7, 11) is 0. The Morgan fingerprint density at radius 2 is 2.09 bits per heavy atom. The second-order valence-electron chi connectivity index (χ2n) is 4.62. The summed E-state index contributed by atoms with van der Waals surface area (Å²) in [6, 6.07) is 6.75. The maximum atomic E-state index is 11.5. The van der Waals surface area contributed by atoms with Crippen molar-refractivity contribution in [3.8, 4) is 5.75 Å². The molecule has 1 aromatic rings. The fourth-order valence-electron chi connectivity index (χ4n) is 1.55. The van der Waals surface area contributed by atoms with E-state index in [1.54, 1.807) is 6.07 Å². The molecule has 0 aliphatic heterocycles. The van der Waals surface area contributed by atoms with E-state index in [2.05, 4.69) is 11.9 Å². The van der Waals surface area contributed by atoms with Crippen LogP contribution in [0.2, 0.25) is 0 Å². The molecule has 0 fully saturated rings. The maximum Gasteiger partial charge on any atom is 0.321 e. The summed E-state index contributed by atoms with van der Waals surface area (Å²) in [5, 5.41) is 4.37. The number of amides is 3. The van der Waals surface area contributed by atoms with Crippen LogP contribution in [0, 0.1) is 6.92 Å². The monoisotopic (exact) mass is 320 g/mol. The van der Waals surface area contributed by atoms with Gasteiger partial charge in [0.15, 0.2) is 6.61 Å². The van der Waals surface area contributed by atoms with Crippen LogP contribution in [0.25, 0.3) is 0 Å². The quantitative estimate of drug-likeness (QED) is 0.556. The highest BCUT2D eigenvalue weighted by atomic mass is 16.5. The van der Waals surface area contributed by atoms with Gasteiger partial charge in [0.1, 0.15) is 5.75 Å². The van der Waals surface area contributed by atoms with Gasteiger partial charge in [-0.1, -0.05) is 18.2 Å². The van der Waals surface area contributed by atoms with E-state index >= 15 is 0 Å². The standard InChI is InChI=1S/C16H20N2O5/c1-3-8-17-16(21)18-14(19)11-23-15(20)7-9-22-13-6-4-5-12(2)10-13/h3-6,10H,1,7-9,11H2,2H3,(H2,17,18,19,21). The molecular weight excluding hydrogens is 300 g/mol. The molecule has 2 N–H and O–H groups in total. The zero-order valence-corrected chi connectivity index (χ0v) is 13.0. The van der Waals surface area contributed by atoms with E-state index in [1.165, 1.54) is 6.08 Å². The largest absolute Gasteiger partial charge is 0.493 e. The minimum absolute atomic E-state index is 0.00385. The number of hydrogen-bond acceptors (Lipinski definition) is 5. The lowest BCUT2D eigenvalue weighted by Gasteiger charge is -2.08. The van der Waals surface area contributed by atoms with E-state index in [4.69, 9.17) is 9.47 Å². The highest BCUT2D eigenvalue weighted by molar-refractivity contribution is 5.95. The number of rotatable bonds is 8. The fraction of sp³-hybridized carbons (Fsp3) is 0.312. The lowest BCUT2D eigenvalue weighted by atomic mass is 10.2. The molecule has 0 radical (unpaired) electrons. The fourth-order valence-corrected chi connectivity index (χ4v) is 1.55. The van der Waals surface area contributed by atoms with Crippen molar-refractivity contribution in [1.82, 2.24) is 10.6 Å². The second-order valence-corrected chi connectivity index (χ2v) is 4.62. The molecule has 23 heavy (non-hydrogen) atoms. The topological polar surface area (TPSA) is 93.7 Å². The molecule has 0 atom stereocenters. The van der Waals surface area contributed by atoms with Gasteiger partial charge in [0.2, 0.25) is 0 Å². The number of urea groups is 1. The summed E-state index contributed by atoms with van der Waals surface area (Å²) >= 11 is 0. The minimum atomic E-state index is -0.709. The van der Waals surface area contributed by atoms with Gasteiger partial charge in [-0.3, -0.25) is 14.9 Å². The number of ether oxygens (including phenoxy) is 2. The van der Waals surface area contributed by atoms with Gasteiger partial charge in [0, 0.05) is 6.54 Å². The van der Waals surface area contributed by atoms with Gasteiger partial charge in [-0.05, 0) is 24.6 Å². The van der Waals surface area contributed by atoms with Crippen molar-refractivity contribution in [3.63, 3.8) is 0 Å². The SMILES string of the molecule is C=CCNC(=O)NC(=O)COC(=O)CCOc1cccc(C)c1. The highest BCUT2D eigenvalue weighted by Crippen LogP contribution is 2.12.